The summed E-state index contributed by atoms with van der Waals surface area (Å²) in [7, 11) is 0. The second-order valence-electron chi connectivity index (χ2n) is 5.19. The predicted octanol–water partition coefficient (Wildman–Crippen LogP) is 3.40. The summed E-state index contributed by atoms with van der Waals surface area (Å²) >= 11 is 5.78. The van der Waals surface area contributed by atoms with E-state index in [-0.39, 0.29) is 6.04 Å². The summed E-state index contributed by atoms with van der Waals surface area (Å²) in [6, 6.07) is 8.17. The van der Waals surface area contributed by atoms with Gasteiger partial charge in [0, 0.05) is 11.2 Å². The Balaban J connectivity index is 2.10. The van der Waals surface area contributed by atoms with Crippen molar-refractivity contribution >= 4 is 17.5 Å². The smallest absolute Gasteiger partial charge is 0.348 e. The molecular formula is C16H14ClF3N2O2. The molecule has 2 aromatic rings. The molecule has 1 amide bonds. The first-order chi connectivity index (χ1) is 11.2. The van der Waals surface area contributed by atoms with Crippen LogP contribution in [0.3, 0.4) is 0 Å². The average Bonchev–Trinajstić information content (AvgIpc) is 2.48. The highest BCUT2D eigenvalue weighted by molar-refractivity contribution is 6.30. The highest BCUT2D eigenvalue weighted by Gasteiger charge is 2.34. The number of benzene rings is 1. The minimum atomic E-state index is -4.76. The Hall–Kier alpha value is -2.28. The predicted molar refractivity (Wildman–Crippen MR) is 83.7 cm³/mol. The van der Waals surface area contributed by atoms with Gasteiger partial charge in [-0.1, -0.05) is 23.7 Å². The van der Waals surface area contributed by atoms with Gasteiger partial charge in [0.25, 0.3) is 5.56 Å². The third kappa shape index (κ3) is 4.38. The molecule has 0 aliphatic rings. The molecule has 0 aliphatic heterocycles. The average molecular weight is 359 g/mol. The molecule has 0 saturated heterocycles. The molecule has 0 radical (unpaired) electrons. The Morgan fingerprint density at radius 1 is 1.25 bits per heavy atom. The number of amides is 1. The summed E-state index contributed by atoms with van der Waals surface area (Å²) in [6.45, 7) is 1.22. The number of alkyl halides is 3. The van der Waals surface area contributed by atoms with E-state index < -0.39 is 29.8 Å². The maximum atomic E-state index is 12.7. The van der Waals surface area contributed by atoms with Crippen LogP contribution in [0.25, 0.3) is 0 Å². The largest absolute Gasteiger partial charge is 0.421 e. The Morgan fingerprint density at radius 3 is 2.46 bits per heavy atom. The van der Waals surface area contributed by atoms with Crippen molar-refractivity contribution in [2.45, 2.75) is 25.7 Å². The Labute approximate surface area is 140 Å². The normalized spacial score (nSPS) is 12.7. The van der Waals surface area contributed by atoms with Gasteiger partial charge in [-0.25, -0.2) is 0 Å². The lowest BCUT2D eigenvalue weighted by molar-refractivity contribution is -0.139. The van der Waals surface area contributed by atoms with E-state index in [1.165, 1.54) is 0 Å². The molecule has 0 fully saturated rings. The van der Waals surface area contributed by atoms with Crippen molar-refractivity contribution in [1.82, 2.24) is 9.88 Å². The van der Waals surface area contributed by atoms with Gasteiger partial charge in [0.05, 0.1) is 6.04 Å². The number of carbonyl (C=O) groups is 1. The number of hydrogen-bond donors (Lipinski definition) is 1. The lowest BCUT2D eigenvalue weighted by Crippen LogP contribution is -2.35. The van der Waals surface area contributed by atoms with Gasteiger partial charge >= 0.3 is 6.18 Å². The molecule has 0 spiro atoms. The molecule has 1 unspecified atom stereocenters. The van der Waals surface area contributed by atoms with Gasteiger partial charge in [0.2, 0.25) is 5.91 Å². The van der Waals surface area contributed by atoms with Crippen molar-refractivity contribution in [3.8, 4) is 0 Å². The Bertz CT molecular complexity index is 785. The van der Waals surface area contributed by atoms with Crippen LogP contribution in [0.1, 0.15) is 24.1 Å². The summed E-state index contributed by atoms with van der Waals surface area (Å²) in [5.74, 6) is -0.570. The summed E-state index contributed by atoms with van der Waals surface area (Å²) in [5, 5.41) is 3.18. The van der Waals surface area contributed by atoms with Gasteiger partial charge in [0.15, 0.2) is 0 Å². The van der Waals surface area contributed by atoms with Gasteiger partial charge in [-0.3, -0.25) is 9.59 Å². The molecule has 0 bridgehead atoms. The second-order valence-corrected chi connectivity index (χ2v) is 5.63. The van der Waals surface area contributed by atoms with Crippen LogP contribution in [0.2, 0.25) is 5.02 Å². The van der Waals surface area contributed by atoms with Crippen molar-refractivity contribution < 1.29 is 18.0 Å². The SMILES string of the molecule is CC(NC(=O)Cn1cccc(C(F)(F)F)c1=O)c1ccc(Cl)cc1. The number of carbonyl (C=O) groups excluding carboxylic acids is 1. The first kappa shape index (κ1) is 18.1. The molecule has 24 heavy (non-hydrogen) atoms. The lowest BCUT2D eigenvalue weighted by atomic mass is 10.1. The topological polar surface area (TPSA) is 51.1 Å². The molecule has 1 aromatic heterocycles. The van der Waals surface area contributed by atoms with Gasteiger partial charge in [-0.05, 0) is 36.8 Å². The molecule has 0 aliphatic carbocycles. The molecule has 0 saturated carbocycles. The zero-order valence-electron chi connectivity index (χ0n) is 12.6. The van der Waals surface area contributed by atoms with Crippen LogP contribution in [0.4, 0.5) is 13.2 Å². The summed E-state index contributed by atoms with van der Waals surface area (Å²) in [5.41, 5.74) is -1.77. The van der Waals surface area contributed by atoms with E-state index in [1.54, 1.807) is 31.2 Å². The van der Waals surface area contributed by atoms with E-state index in [1.807, 2.05) is 0 Å². The van der Waals surface area contributed by atoms with Crippen LogP contribution >= 0.6 is 11.6 Å². The minimum Gasteiger partial charge on any atom is -0.348 e. The maximum Gasteiger partial charge on any atom is 0.421 e. The number of halogens is 4. The highest BCUT2D eigenvalue weighted by atomic mass is 35.5. The summed E-state index contributed by atoms with van der Waals surface area (Å²) < 4.78 is 38.8. The first-order valence-corrected chi connectivity index (χ1v) is 7.38. The quantitative estimate of drug-likeness (QED) is 0.910. The van der Waals surface area contributed by atoms with Crippen molar-refractivity contribution in [2.75, 3.05) is 0 Å². The van der Waals surface area contributed by atoms with Crippen LogP contribution in [0.5, 0.6) is 0 Å². The first-order valence-electron chi connectivity index (χ1n) is 7.00. The standard InChI is InChI=1S/C16H14ClF3N2O2/c1-10(11-4-6-12(17)7-5-11)21-14(23)9-22-8-2-3-13(15(22)24)16(18,19)20/h2-8,10H,9H2,1H3,(H,21,23). The number of hydrogen-bond acceptors (Lipinski definition) is 2. The fourth-order valence-corrected chi connectivity index (χ4v) is 2.28. The number of aromatic nitrogens is 1. The minimum absolute atomic E-state index is 0.378. The van der Waals surface area contributed by atoms with Gasteiger partial charge in [-0.15, -0.1) is 0 Å². The number of rotatable bonds is 4. The van der Waals surface area contributed by atoms with Crippen LogP contribution in [-0.4, -0.2) is 10.5 Å². The molecule has 1 N–H and O–H groups in total. The van der Waals surface area contributed by atoms with Gasteiger partial charge < -0.3 is 9.88 Å². The van der Waals surface area contributed by atoms with E-state index in [0.29, 0.717) is 11.1 Å². The van der Waals surface area contributed by atoms with Crippen molar-refractivity contribution in [3.63, 3.8) is 0 Å². The number of nitrogens with one attached hydrogen (secondary N) is 1. The zero-order chi connectivity index (χ0) is 17.9. The molecule has 1 heterocycles. The van der Waals surface area contributed by atoms with E-state index in [2.05, 4.69) is 5.32 Å². The lowest BCUT2D eigenvalue weighted by Gasteiger charge is -2.15. The van der Waals surface area contributed by atoms with Crippen molar-refractivity contribution in [3.05, 3.63) is 69.1 Å². The van der Waals surface area contributed by atoms with Crippen molar-refractivity contribution in [2.24, 2.45) is 0 Å². The van der Waals surface area contributed by atoms with Crippen LogP contribution in [0.15, 0.2) is 47.4 Å². The fourth-order valence-electron chi connectivity index (χ4n) is 2.15. The van der Waals surface area contributed by atoms with Crippen LogP contribution < -0.4 is 10.9 Å². The molecule has 1 aromatic carbocycles. The van der Waals surface area contributed by atoms with Gasteiger partial charge in [0.1, 0.15) is 12.1 Å². The zero-order valence-corrected chi connectivity index (χ0v) is 13.4. The number of pyridine rings is 1. The monoisotopic (exact) mass is 358 g/mol. The Kier molecular flexibility index (Phi) is 5.33. The number of nitrogens with zero attached hydrogens (tertiary/aromatic N) is 1. The summed E-state index contributed by atoms with van der Waals surface area (Å²) in [4.78, 5) is 23.8. The molecule has 1 atom stereocenters. The maximum absolute atomic E-state index is 12.7. The molecule has 4 nitrogen and oxygen atoms in total. The molecule has 8 heteroatoms. The summed E-state index contributed by atoms with van der Waals surface area (Å²) in [6.07, 6.45) is -3.61. The fraction of sp³-hybridized carbons (Fsp3) is 0.250. The van der Waals surface area contributed by atoms with E-state index in [4.69, 9.17) is 11.6 Å². The molecule has 2 rings (SSSR count). The van der Waals surface area contributed by atoms with E-state index in [0.717, 1.165) is 22.4 Å². The van der Waals surface area contributed by atoms with Crippen molar-refractivity contribution in [1.29, 1.82) is 0 Å². The third-order valence-electron chi connectivity index (χ3n) is 3.39. The molecule has 128 valence electrons. The van der Waals surface area contributed by atoms with E-state index >= 15 is 0 Å². The second kappa shape index (κ2) is 7.09. The Morgan fingerprint density at radius 2 is 1.88 bits per heavy atom. The highest BCUT2D eigenvalue weighted by Crippen LogP contribution is 2.26. The third-order valence-corrected chi connectivity index (χ3v) is 3.64. The molecular weight excluding hydrogens is 345 g/mol. The van der Waals surface area contributed by atoms with Crippen LogP contribution in [-0.2, 0) is 17.5 Å². The van der Waals surface area contributed by atoms with Crippen LogP contribution in [0, 0.1) is 0 Å². The van der Waals surface area contributed by atoms with Gasteiger partial charge in [-0.2, -0.15) is 13.2 Å². The van der Waals surface area contributed by atoms with E-state index in [9.17, 15) is 22.8 Å².